The minimum Gasteiger partial charge on any atom is -0.296 e. The molecule has 3 heterocycles. The summed E-state index contributed by atoms with van der Waals surface area (Å²) < 4.78 is 28.0. The summed E-state index contributed by atoms with van der Waals surface area (Å²) in [5, 5.41) is 0.853. The van der Waals surface area contributed by atoms with Crippen LogP contribution in [-0.2, 0) is 16.6 Å². The zero-order valence-electron chi connectivity index (χ0n) is 15.2. The van der Waals surface area contributed by atoms with Crippen LogP contribution in [0.5, 0.6) is 0 Å². The van der Waals surface area contributed by atoms with E-state index in [-0.39, 0.29) is 0 Å². The molecule has 0 saturated carbocycles. The molecule has 0 bridgehead atoms. The Morgan fingerprint density at radius 2 is 1.85 bits per heavy atom. The van der Waals surface area contributed by atoms with Crippen molar-refractivity contribution in [2.45, 2.75) is 18.4 Å². The molecule has 6 nitrogen and oxygen atoms in total. The van der Waals surface area contributed by atoms with Crippen molar-refractivity contribution in [3.8, 4) is 0 Å². The van der Waals surface area contributed by atoms with E-state index in [0.29, 0.717) is 36.6 Å². The number of benzene rings is 1. The van der Waals surface area contributed by atoms with E-state index < -0.39 is 10.0 Å². The van der Waals surface area contributed by atoms with Crippen LogP contribution in [0.2, 0.25) is 0 Å². The Bertz CT molecular complexity index is 1050. The number of aryl methyl sites for hydroxylation is 1. The molecule has 1 saturated heterocycles. The highest BCUT2D eigenvalue weighted by Gasteiger charge is 2.30. The Balaban J connectivity index is 1.52. The third-order valence-electron chi connectivity index (χ3n) is 4.89. The molecular formula is C20H22N4O2S. The first-order chi connectivity index (χ1) is 13.0. The second-order valence-corrected chi connectivity index (χ2v) is 8.79. The molecule has 1 fully saturated rings. The molecule has 1 aliphatic rings. The van der Waals surface area contributed by atoms with Gasteiger partial charge in [-0.3, -0.25) is 14.9 Å². The van der Waals surface area contributed by atoms with Crippen LogP contribution in [0, 0.1) is 6.92 Å². The molecule has 1 aliphatic heterocycles. The molecule has 2 aromatic heterocycles. The maximum atomic E-state index is 13.2. The van der Waals surface area contributed by atoms with Crippen LogP contribution in [0.3, 0.4) is 0 Å². The average Bonchev–Trinajstić information content (AvgIpc) is 2.68. The Morgan fingerprint density at radius 3 is 2.59 bits per heavy atom. The highest BCUT2D eigenvalue weighted by atomic mass is 32.2. The number of sulfonamides is 1. The predicted molar refractivity (Wildman–Crippen MR) is 105 cm³/mol. The first-order valence-electron chi connectivity index (χ1n) is 9.01. The standard InChI is InChI=1S/C20H22N4O2S/c1-16-12-18-5-2-6-19(20(18)22-13-16)27(25,26)24-10-8-23(9-11-24)15-17-4-3-7-21-14-17/h2-7,12-14H,8-11,15H2,1H3. The van der Waals surface area contributed by atoms with E-state index in [9.17, 15) is 8.42 Å². The summed E-state index contributed by atoms with van der Waals surface area (Å²) in [6.45, 7) is 5.10. The SMILES string of the molecule is Cc1cnc2c(S(=O)(=O)N3CCN(Cc4cccnc4)CC3)cccc2c1. The van der Waals surface area contributed by atoms with Gasteiger partial charge in [0, 0.05) is 56.7 Å². The maximum absolute atomic E-state index is 13.2. The molecule has 1 aromatic carbocycles. The first kappa shape index (κ1) is 18.0. The third-order valence-corrected chi connectivity index (χ3v) is 6.82. The molecule has 0 amide bonds. The van der Waals surface area contributed by atoms with E-state index in [2.05, 4.69) is 14.9 Å². The van der Waals surface area contributed by atoms with Crippen LogP contribution >= 0.6 is 0 Å². The Kier molecular flexibility index (Phi) is 4.90. The lowest BCUT2D eigenvalue weighted by molar-refractivity contribution is 0.181. The van der Waals surface area contributed by atoms with E-state index in [1.807, 2.05) is 37.4 Å². The van der Waals surface area contributed by atoms with Crippen LogP contribution in [0.4, 0.5) is 0 Å². The summed E-state index contributed by atoms with van der Waals surface area (Å²) in [7, 11) is -3.57. The van der Waals surface area contributed by atoms with Gasteiger partial charge in [0.2, 0.25) is 10.0 Å². The molecule has 0 N–H and O–H groups in total. The van der Waals surface area contributed by atoms with Crippen LogP contribution in [-0.4, -0.2) is 53.8 Å². The lowest BCUT2D eigenvalue weighted by atomic mass is 10.2. The number of hydrogen-bond acceptors (Lipinski definition) is 5. The van der Waals surface area contributed by atoms with Crippen molar-refractivity contribution in [3.63, 3.8) is 0 Å². The molecule has 3 aromatic rings. The fraction of sp³-hybridized carbons (Fsp3) is 0.300. The van der Waals surface area contributed by atoms with E-state index in [4.69, 9.17) is 0 Å². The zero-order valence-corrected chi connectivity index (χ0v) is 16.1. The van der Waals surface area contributed by atoms with Crippen LogP contribution < -0.4 is 0 Å². The smallest absolute Gasteiger partial charge is 0.245 e. The Morgan fingerprint density at radius 1 is 1.04 bits per heavy atom. The number of para-hydroxylation sites is 1. The van der Waals surface area contributed by atoms with Gasteiger partial charge in [-0.1, -0.05) is 18.2 Å². The van der Waals surface area contributed by atoms with Gasteiger partial charge in [-0.15, -0.1) is 0 Å². The van der Waals surface area contributed by atoms with Crippen molar-refractivity contribution in [1.29, 1.82) is 0 Å². The minimum absolute atomic E-state index is 0.292. The normalized spacial score (nSPS) is 16.6. The van der Waals surface area contributed by atoms with Crippen molar-refractivity contribution >= 4 is 20.9 Å². The zero-order chi connectivity index (χ0) is 18.9. The minimum atomic E-state index is -3.57. The summed E-state index contributed by atoms with van der Waals surface area (Å²) in [5.41, 5.74) is 2.70. The molecule has 7 heteroatoms. The van der Waals surface area contributed by atoms with Gasteiger partial charge in [-0.25, -0.2) is 8.42 Å². The number of piperazine rings is 1. The van der Waals surface area contributed by atoms with Crippen LogP contribution in [0.15, 0.2) is 59.9 Å². The molecule has 0 radical (unpaired) electrons. The van der Waals surface area contributed by atoms with E-state index in [1.54, 1.807) is 28.8 Å². The summed E-state index contributed by atoms with van der Waals surface area (Å²) in [6.07, 6.45) is 5.33. The van der Waals surface area contributed by atoms with E-state index in [0.717, 1.165) is 23.1 Å². The van der Waals surface area contributed by atoms with Crippen molar-refractivity contribution < 1.29 is 8.42 Å². The molecule has 4 rings (SSSR count). The number of aromatic nitrogens is 2. The lowest BCUT2D eigenvalue weighted by Gasteiger charge is -2.34. The van der Waals surface area contributed by atoms with Gasteiger partial charge < -0.3 is 0 Å². The van der Waals surface area contributed by atoms with E-state index >= 15 is 0 Å². The summed E-state index contributed by atoms with van der Waals surface area (Å²) in [4.78, 5) is 11.1. The monoisotopic (exact) mass is 382 g/mol. The fourth-order valence-corrected chi connectivity index (χ4v) is 5.06. The highest BCUT2D eigenvalue weighted by molar-refractivity contribution is 7.89. The largest absolute Gasteiger partial charge is 0.296 e. The fourth-order valence-electron chi connectivity index (χ4n) is 3.47. The summed E-state index contributed by atoms with van der Waals surface area (Å²) in [5.74, 6) is 0. The molecule has 0 atom stereocenters. The second-order valence-electron chi connectivity index (χ2n) is 6.88. The van der Waals surface area contributed by atoms with Gasteiger partial charge in [0.25, 0.3) is 0 Å². The molecular weight excluding hydrogens is 360 g/mol. The van der Waals surface area contributed by atoms with E-state index in [1.165, 1.54) is 0 Å². The second kappa shape index (κ2) is 7.34. The molecule has 0 spiro atoms. The number of hydrogen-bond donors (Lipinski definition) is 0. The molecule has 140 valence electrons. The first-order valence-corrected chi connectivity index (χ1v) is 10.4. The quantitative estimate of drug-likeness (QED) is 0.693. The summed E-state index contributed by atoms with van der Waals surface area (Å²) >= 11 is 0. The Labute approximate surface area is 159 Å². The number of pyridine rings is 2. The van der Waals surface area contributed by atoms with Crippen molar-refractivity contribution in [2.24, 2.45) is 0 Å². The lowest BCUT2D eigenvalue weighted by Crippen LogP contribution is -2.48. The van der Waals surface area contributed by atoms with Crippen LogP contribution in [0.25, 0.3) is 10.9 Å². The van der Waals surface area contributed by atoms with Gasteiger partial charge >= 0.3 is 0 Å². The third kappa shape index (κ3) is 3.71. The van der Waals surface area contributed by atoms with Gasteiger partial charge in [-0.2, -0.15) is 4.31 Å². The molecule has 0 aliphatic carbocycles. The summed E-state index contributed by atoms with van der Waals surface area (Å²) in [6, 6.07) is 11.3. The molecule has 27 heavy (non-hydrogen) atoms. The number of rotatable bonds is 4. The predicted octanol–water partition coefficient (Wildman–Crippen LogP) is 2.44. The average molecular weight is 382 g/mol. The van der Waals surface area contributed by atoms with Gasteiger partial charge in [-0.05, 0) is 36.2 Å². The van der Waals surface area contributed by atoms with Crippen molar-refractivity contribution in [3.05, 3.63) is 66.1 Å². The topological polar surface area (TPSA) is 66.4 Å². The van der Waals surface area contributed by atoms with Gasteiger partial charge in [0.15, 0.2) is 0 Å². The Hall–Kier alpha value is -2.35. The van der Waals surface area contributed by atoms with Gasteiger partial charge in [0.1, 0.15) is 4.90 Å². The van der Waals surface area contributed by atoms with Crippen molar-refractivity contribution in [1.82, 2.24) is 19.2 Å². The van der Waals surface area contributed by atoms with Gasteiger partial charge in [0.05, 0.1) is 5.52 Å². The number of nitrogens with zero attached hydrogens (tertiary/aromatic N) is 4. The van der Waals surface area contributed by atoms with Crippen LogP contribution in [0.1, 0.15) is 11.1 Å². The maximum Gasteiger partial charge on any atom is 0.245 e. The highest BCUT2D eigenvalue weighted by Crippen LogP contribution is 2.25. The van der Waals surface area contributed by atoms with Crippen molar-refractivity contribution in [2.75, 3.05) is 26.2 Å². The molecule has 0 unspecified atom stereocenters. The number of fused-ring (bicyclic) bond motifs is 1.